The van der Waals surface area contributed by atoms with Gasteiger partial charge in [-0.1, -0.05) is 106 Å². The summed E-state index contributed by atoms with van der Waals surface area (Å²) in [6, 6.07) is 0. The number of halogens is 3. The van der Waals surface area contributed by atoms with E-state index < -0.39 is 5.97 Å². The van der Waals surface area contributed by atoms with Crippen molar-refractivity contribution in [3.63, 3.8) is 0 Å². The lowest BCUT2D eigenvalue weighted by molar-refractivity contribution is 0.0491. The van der Waals surface area contributed by atoms with Gasteiger partial charge in [-0.3, -0.25) is 0 Å². The Labute approximate surface area is 171 Å². The average Bonchev–Trinajstić information content (AvgIpc) is 2.63. The van der Waals surface area contributed by atoms with Gasteiger partial charge in [0, 0.05) is 0 Å². The molecule has 0 aliphatic carbocycles. The molecule has 0 aromatic carbocycles. The van der Waals surface area contributed by atoms with Crippen LogP contribution in [-0.4, -0.2) is 17.6 Å². The number of ether oxygens (including phenoxy) is 1. The molecule has 0 unspecified atom stereocenters. The summed E-state index contributed by atoms with van der Waals surface area (Å²) in [5, 5.41) is -0.0443. The minimum atomic E-state index is -0.632. The van der Waals surface area contributed by atoms with Gasteiger partial charge < -0.3 is 10.5 Å². The van der Waals surface area contributed by atoms with Crippen molar-refractivity contribution in [2.45, 2.75) is 77.6 Å². The van der Waals surface area contributed by atoms with E-state index in [0.29, 0.717) is 6.61 Å². The van der Waals surface area contributed by atoms with Crippen LogP contribution in [0.5, 0.6) is 0 Å². The minimum absolute atomic E-state index is 0.0247. The first kappa shape index (κ1) is 23.3. The number of esters is 1. The van der Waals surface area contributed by atoms with Crippen LogP contribution in [0, 0.1) is 0 Å². The topological polar surface area (TPSA) is 65.2 Å². The van der Waals surface area contributed by atoms with Crippen molar-refractivity contribution in [1.82, 2.24) is 4.98 Å². The van der Waals surface area contributed by atoms with Crippen LogP contribution in [0.4, 0.5) is 5.69 Å². The number of nitrogens with zero attached hydrogens (tertiary/aromatic N) is 1. The average molecular weight is 424 g/mol. The molecule has 0 radical (unpaired) electrons. The first-order valence-electron chi connectivity index (χ1n) is 9.46. The lowest BCUT2D eigenvalue weighted by Crippen LogP contribution is -2.11. The normalized spacial score (nSPS) is 10.9. The van der Waals surface area contributed by atoms with E-state index in [1.807, 2.05) is 0 Å². The summed E-state index contributed by atoms with van der Waals surface area (Å²) >= 11 is 17.6. The van der Waals surface area contributed by atoms with Crippen molar-refractivity contribution in [3.05, 3.63) is 20.9 Å². The maximum absolute atomic E-state index is 12.0. The van der Waals surface area contributed by atoms with Gasteiger partial charge in [0.1, 0.15) is 5.02 Å². The van der Waals surface area contributed by atoms with E-state index in [4.69, 9.17) is 45.3 Å². The number of carbonyl (C=O) groups is 1. The van der Waals surface area contributed by atoms with Crippen LogP contribution in [0.1, 0.15) is 88.0 Å². The monoisotopic (exact) mass is 422 g/mol. The maximum atomic E-state index is 12.0. The first-order valence-corrected chi connectivity index (χ1v) is 10.6. The standard InChI is InChI=1S/C19H29Cl3N2O2/c1-2-3-4-5-6-7-8-9-10-11-12-13-26-19(25)17-14(20)16(23)15(21)18(22)24-17/h2-13H2,1H3,(H2,23,24). The van der Waals surface area contributed by atoms with Crippen molar-refractivity contribution in [1.29, 1.82) is 0 Å². The van der Waals surface area contributed by atoms with Gasteiger partial charge in [0.15, 0.2) is 10.8 Å². The Morgan fingerprint density at radius 2 is 1.38 bits per heavy atom. The molecule has 0 atom stereocenters. The number of hydrogen-bond acceptors (Lipinski definition) is 4. The summed E-state index contributed by atoms with van der Waals surface area (Å²) in [6.07, 6.45) is 13.6. The van der Waals surface area contributed by atoms with Gasteiger partial charge >= 0.3 is 5.97 Å². The Balaban J connectivity index is 2.13. The molecular weight excluding hydrogens is 395 g/mol. The Bertz CT molecular complexity index is 568. The van der Waals surface area contributed by atoms with Crippen LogP contribution in [0.25, 0.3) is 0 Å². The van der Waals surface area contributed by atoms with E-state index in [-0.39, 0.29) is 26.6 Å². The molecule has 0 fully saturated rings. The number of rotatable bonds is 13. The summed E-state index contributed by atoms with van der Waals surface area (Å²) in [5.74, 6) is -0.632. The Morgan fingerprint density at radius 1 is 0.885 bits per heavy atom. The minimum Gasteiger partial charge on any atom is -0.461 e. The Hall–Kier alpha value is -0.710. The number of pyridine rings is 1. The fourth-order valence-electron chi connectivity index (χ4n) is 2.67. The molecule has 1 rings (SSSR count). The summed E-state index contributed by atoms with van der Waals surface area (Å²) < 4.78 is 5.20. The van der Waals surface area contributed by atoms with E-state index in [2.05, 4.69) is 11.9 Å². The van der Waals surface area contributed by atoms with Gasteiger partial charge in [0.05, 0.1) is 17.3 Å². The van der Waals surface area contributed by atoms with E-state index in [1.165, 1.54) is 51.4 Å². The molecule has 0 aliphatic rings. The van der Waals surface area contributed by atoms with E-state index in [0.717, 1.165) is 19.3 Å². The van der Waals surface area contributed by atoms with Crippen molar-refractivity contribution < 1.29 is 9.53 Å². The molecule has 0 saturated carbocycles. The van der Waals surface area contributed by atoms with Crippen LogP contribution in [0.3, 0.4) is 0 Å². The predicted molar refractivity (Wildman–Crippen MR) is 110 cm³/mol. The van der Waals surface area contributed by atoms with Crippen molar-refractivity contribution in [2.24, 2.45) is 0 Å². The zero-order valence-electron chi connectivity index (χ0n) is 15.5. The largest absolute Gasteiger partial charge is 0.461 e. The third-order valence-electron chi connectivity index (χ3n) is 4.25. The van der Waals surface area contributed by atoms with Gasteiger partial charge in [0.2, 0.25) is 0 Å². The highest BCUT2D eigenvalue weighted by Crippen LogP contribution is 2.34. The van der Waals surface area contributed by atoms with Crippen molar-refractivity contribution >= 4 is 46.5 Å². The fourth-order valence-corrected chi connectivity index (χ4v) is 3.25. The fraction of sp³-hybridized carbons (Fsp3) is 0.684. The number of carbonyl (C=O) groups excluding carboxylic acids is 1. The van der Waals surface area contributed by atoms with Gasteiger partial charge in [-0.05, 0) is 6.42 Å². The quantitative estimate of drug-likeness (QED) is 0.209. The molecule has 7 heteroatoms. The summed E-state index contributed by atoms with van der Waals surface area (Å²) in [5.41, 5.74) is 5.63. The summed E-state index contributed by atoms with van der Waals surface area (Å²) in [7, 11) is 0. The Kier molecular flexibility index (Phi) is 12.1. The zero-order valence-corrected chi connectivity index (χ0v) is 17.7. The second-order valence-corrected chi connectivity index (χ2v) is 7.58. The van der Waals surface area contributed by atoms with Crippen LogP contribution >= 0.6 is 34.8 Å². The van der Waals surface area contributed by atoms with Crippen molar-refractivity contribution in [2.75, 3.05) is 12.3 Å². The second-order valence-electron chi connectivity index (χ2n) is 6.46. The molecule has 0 saturated heterocycles. The molecule has 148 valence electrons. The number of nitrogen functional groups attached to an aromatic ring is 1. The third kappa shape index (κ3) is 8.32. The van der Waals surface area contributed by atoms with Gasteiger partial charge in [-0.2, -0.15) is 0 Å². The number of nitrogens with two attached hydrogens (primary N) is 1. The molecule has 1 heterocycles. The second kappa shape index (κ2) is 13.5. The maximum Gasteiger partial charge on any atom is 0.358 e. The number of unbranched alkanes of at least 4 members (excludes halogenated alkanes) is 10. The van der Waals surface area contributed by atoms with Crippen LogP contribution < -0.4 is 5.73 Å². The summed E-state index contributed by atoms with van der Waals surface area (Å²) in [6.45, 7) is 2.57. The van der Waals surface area contributed by atoms with Crippen molar-refractivity contribution in [3.8, 4) is 0 Å². The number of anilines is 1. The highest BCUT2D eigenvalue weighted by molar-refractivity contribution is 6.46. The first-order chi connectivity index (χ1) is 12.5. The smallest absolute Gasteiger partial charge is 0.358 e. The van der Waals surface area contributed by atoms with Crippen LogP contribution in [0.2, 0.25) is 15.2 Å². The SMILES string of the molecule is CCCCCCCCCCCCCOC(=O)c1nc(Cl)c(Cl)c(N)c1Cl. The molecule has 2 N–H and O–H groups in total. The molecule has 0 bridgehead atoms. The molecule has 0 aliphatic heterocycles. The molecule has 1 aromatic heterocycles. The lowest BCUT2D eigenvalue weighted by atomic mass is 10.1. The highest BCUT2D eigenvalue weighted by Gasteiger charge is 2.20. The number of aromatic nitrogens is 1. The van der Waals surface area contributed by atoms with Gasteiger partial charge in [-0.25, -0.2) is 9.78 Å². The molecule has 4 nitrogen and oxygen atoms in total. The Morgan fingerprint density at radius 3 is 1.92 bits per heavy atom. The van der Waals surface area contributed by atoms with E-state index in [1.54, 1.807) is 0 Å². The molecule has 1 aromatic rings. The lowest BCUT2D eigenvalue weighted by Gasteiger charge is -2.09. The molecular formula is C19H29Cl3N2O2. The molecule has 0 amide bonds. The number of hydrogen-bond donors (Lipinski definition) is 1. The van der Waals surface area contributed by atoms with E-state index >= 15 is 0 Å². The van der Waals surface area contributed by atoms with Gasteiger partial charge in [0.25, 0.3) is 0 Å². The third-order valence-corrected chi connectivity index (χ3v) is 5.38. The van der Waals surface area contributed by atoms with Crippen LogP contribution in [0.15, 0.2) is 0 Å². The van der Waals surface area contributed by atoms with Gasteiger partial charge in [-0.15, -0.1) is 0 Å². The highest BCUT2D eigenvalue weighted by atomic mass is 35.5. The molecule has 0 spiro atoms. The summed E-state index contributed by atoms with van der Waals surface area (Å²) in [4.78, 5) is 15.9. The van der Waals surface area contributed by atoms with Crippen LogP contribution in [-0.2, 0) is 4.74 Å². The van der Waals surface area contributed by atoms with E-state index in [9.17, 15) is 4.79 Å². The molecule has 26 heavy (non-hydrogen) atoms. The zero-order chi connectivity index (χ0) is 19.4. The predicted octanol–water partition coefficient (Wildman–Crippen LogP) is 7.09.